The first-order valence-corrected chi connectivity index (χ1v) is 7.42. The molecule has 0 bridgehead atoms. The number of benzene rings is 1. The second-order valence-electron chi connectivity index (χ2n) is 5.39. The number of ketones is 1. The second-order valence-corrected chi connectivity index (χ2v) is 5.39. The van der Waals surface area contributed by atoms with Crippen molar-refractivity contribution in [2.45, 2.75) is 19.8 Å². The number of halogens is 1. The number of hydrogen-bond donors (Lipinski definition) is 1. The Morgan fingerprint density at radius 1 is 1.36 bits per heavy atom. The van der Waals surface area contributed by atoms with Gasteiger partial charge in [0.05, 0.1) is 13.2 Å². The van der Waals surface area contributed by atoms with Crippen molar-refractivity contribution in [1.29, 1.82) is 0 Å². The molecule has 1 heterocycles. The zero-order valence-electron chi connectivity index (χ0n) is 12.5. The molecule has 0 saturated carbocycles. The first kappa shape index (κ1) is 16.4. The number of piperidine rings is 1. The van der Waals surface area contributed by atoms with Crippen molar-refractivity contribution in [3.8, 4) is 5.75 Å². The van der Waals surface area contributed by atoms with Crippen molar-refractivity contribution in [1.82, 2.24) is 4.90 Å². The third-order valence-corrected chi connectivity index (χ3v) is 3.83. The van der Waals surface area contributed by atoms with Gasteiger partial charge in [0, 0.05) is 11.5 Å². The summed E-state index contributed by atoms with van der Waals surface area (Å²) in [7, 11) is 0. The fourth-order valence-electron chi connectivity index (χ4n) is 2.71. The minimum atomic E-state index is -0.863. The summed E-state index contributed by atoms with van der Waals surface area (Å²) in [5.41, 5.74) is 0.345. The Balaban J connectivity index is 1.98. The molecule has 1 aromatic carbocycles. The molecule has 5 nitrogen and oxygen atoms in total. The van der Waals surface area contributed by atoms with Gasteiger partial charge in [0.25, 0.3) is 0 Å². The van der Waals surface area contributed by atoms with E-state index in [2.05, 4.69) is 0 Å². The highest BCUT2D eigenvalue weighted by atomic mass is 19.1. The van der Waals surface area contributed by atoms with Crippen LogP contribution in [0.4, 0.5) is 4.39 Å². The zero-order valence-corrected chi connectivity index (χ0v) is 12.5. The summed E-state index contributed by atoms with van der Waals surface area (Å²) in [6, 6.07) is 4.28. The van der Waals surface area contributed by atoms with Crippen LogP contribution in [0.15, 0.2) is 18.2 Å². The van der Waals surface area contributed by atoms with Crippen LogP contribution in [0.3, 0.4) is 0 Å². The molecule has 1 aliphatic heterocycles. The molecular weight excluding hydrogens is 289 g/mol. The monoisotopic (exact) mass is 309 g/mol. The lowest BCUT2D eigenvalue weighted by atomic mass is 9.89. The molecule has 2 rings (SSSR count). The van der Waals surface area contributed by atoms with Crippen LogP contribution in [-0.2, 0) is 4.79 Å². The Morgan fingerprint density at radius 2 is 2.05 bits per heavy atom. The number of nitrogens with zero attached hydrogens (tertiary/aromatic N) is 1. The Labute approximate surface area is 128 Å². The number of carbonyl (C=O) groups is 2. The van der Waals surface area contributed by atoms with Gasteiger partial charge in [-0.3, -0.25) is 14.5 Å². The second kappa shape index (κ2) is 7.35. The minimum Gasteiger partial charge on any atom is -0.491 e. The topological polar surface area (TPSA) is 66.8 Å². The lowest BCUT2D eigenvalue weighted by molar-refractivity contribution is -0.138. The molecule has 0 amide bonds. The van der Waals surface area contributed by atoms with E-state index in [1.54, 1.807) is 13.0 Å². The van der Waals surface area contributed by atoms with E-state index in [9.17, 15) is 14.0 Å². The van der Waals surface area contributed by atoms with Gasteiger partial charge in [-0.25, -0.2) is 4.39 Å². The molecule has 22 heavy (non-hydrogen) atoms. The number of hydrogen-bond acceptors (Lipinski definition) is 4. The average molecular weight is 309 g/mol. The van der Waals surface area contributed by atoms with E-state index >= 15 is 0 Å². The fraction of sp³-hybridized carbons (Fsp3) is 0.500. The summed E-state index contributed by atoms with van der Waals surface area (Å²) in [4.78, 5) is 24.9. The molecule has 0 spiro atoms. The normalized spacial score (nSPS) is 16.5. The fourth-order valence-corrected chi connectivity index (χ4v) is 2.71. The Kier molecular flexibility index (Phi) is 5.49. The standard InChI is InChI=1S/C16H20FNO4/c1-2-22-14-4-3-12(9-13(14)17)16(21)11-5-7-18(8-6-11)10-15(19)20/h3-4,9,11H,2,5-8,10H2,1H3,(H,19,20). The predicted octanol–water partition coefficient (Wildman–Crippen LogP) is 2.20. The van der Waals surface area contributed by atoms with Gasteiger partial charge < -0.3 is 9.84 Å². The third-order valence-electron chi connectivity index (χ3n) is 3.83. The molecule has 1 aliphatic rings. The van der Waals surface area contributed by atoms with Gasteiger partial charge in [-0.1, -0.05) is 0 Å². The van der Waals surface area contributed by atoms with E-state index in [-0.39, 0.29) is 24.0 Å². The summed E-state index contributed by atoms with van der Waals surface area (Å²) in [5, 5.41) is 8.76. The zero-order chi connectivity index (χ0) is 16.1. The van der Waals surface area contributed by atoms with Gasteiger partial charge in [0.15, 0.2) is 17.3 Å². The van der Waals surface area contributed by atoms with Crippen LogP contribution in [0.2, 0.25) is 0 Å². The van der Waals surface area contributed by atoms with E-state index in [1.807, 2.05) is 4.90 Å². The summed E-state index contributed by atoms with van der Waals surface area (Å²) >= 11 is 0. The summed E-state index contributed by atoms with van der Waals surface area (Å²) in [6.07, 6.45) is 1.20. The maximum atomic E-state index is 13.8. The molecule has 0 aliphatic carbocycles. The molecule has 6 heteroatoms. The number of ether oxygens (including phenoxy) is 1. The van der Waals surface area contributed by atoms with Crippen LogP contribution in [-0.4, -0.2) is 48.0 Å². The number of carbonyl (C=O) groups excluding carboxylic acids is 1. The predicted molar refractivity (Wildman–Crippen MR) is 78.7 cm³/mol. The number of rotatable bonds is 6. The highest BCUT2D eigenvalue weighted by molar-refractivity contribution is 5.98. The lowest BCUT2D eigenvalue weighted by Crippen LogP contribution is -2.39. The van der Waals surface area contributed by atoms with E-state index in [4.69, 9.17) is 9.84 Å². The third kappa shape index (κ3) is 4.04. The highest BCUT2D eigenvalue weighted by Gasteiger charge is 2.27. The van der Waals surface area contributed by atoms with Crippen LogP contribution in [0.1, 0.15) is 30.1 Å². The van der Waals surface area contributed by atoms with Gasteiger partial charge in [-0.2, -0.15) is 0 Å². The maximum Gasteiger partial charge on any atom is 0.317 e. The number of carboxylic acid groups (broad SMARTS) is 1. The Bertz CT molecular complexity index is 553. The van der Waals surface area contributed by atoms with Gasteiger partial charge >= 0.3 is 5.97 Å². The largest absolute Gasteiger partial charge is 0.491 e. The van der Waals surface area contributed by atoms with Crippen LogP contribution in [0, 0.1) is 11.7 Å². The van der Waals surface area contributed by atoms with E-state index in [0.717, 1.165) is 0 Å². The van der Waals surface area contributed by atoms with Crippen molar-refractivity contribution in [3.63, 3.8) is 0 Å². The van der Waals surface area contributed by atoms with Gasteiger partial charge in [-0.15, -0.1) is 0 Å². The van der Waals surface area contributed by atoms with E-state index < -0.39 is 11.8 Å². The van der Waals surface area contributed by atoms with E-state index in [1.165, 1.54) is 12.1 Å². The molecule has 120 valence electrons. The van der Waals surface area contributed by atoms with Crippen LogP contribution in [0.25, 0.3) is 0 Å². The molecule has 0 aromatic heterocycles. The summed E-state index contributed by atoms with van der Waals surface area (Å²) < 4.78 is 18.9. The van der Waals surface area contributed by atoms with Gasteiger partial charge in [-0.05, 0) is 51.1 Å². The summed E-state index contributed by atoms with van der Waals surface area (Å²) in [5.74, 6) is -1.51. The van der Waals surface area contributed by atoms with Crippen molar-refractivity contribution >= 4 is 11.8 Å². The number of aliphatic carboxylic acids is 1. The molecule has 0 radical (unpaired) electrons. The molecule has 1 saturated heterocycles. The van der Waals surface area contributed by atoms with Crippen LogP contribution < -0.4 is 4.74 Å². The quantitative estimate of drug-likeness (QED) is 0.816. The highest BCUT2D eigenvalue weighted by Crippen LogP contribution is 2.24. The minimum absolute atomic E-state index is 0.00140. The molecule has 1 aromatic rings. The van der Waals surface area contributed by atoms with Crippen molar-refractivity contribution in [2.24, 2.45) is 5.92 Å². The van der Waals surface area contributed by atoms with Crippen LogP contribution in [0.5, 0.6) is 5.75 Å². The number of Topliss-reactive ketones (excluding diaryl/α,β-unsaturated/α-hetero) is 1. The van der Waals surface area contributed by atoms with Gasteiger partial charge in [0.1, 0.15) is 0 Å². The molecule has 1 N–H and O–H groups in total. The van der Waals surface area contributed by atoms with Crippen molar-refractivity contribution in [2.75, 3.05) is 26.2 Å². The maximum absolute atomic E-state index is 13.8. The average Bonchev–Trinajstić information content (AvgIpc) is 2.49. The first-order valence-electron chi connectivity index (χ1n) is 7.42. The summed E-state index contributed by atoms with van der Waals surface area (Å²) in [6.45, 7) is 3.28. The van der Waals surface area contributed by atoms with Gasteiger partial charge in [0.2, 0.25) is 0 Å². The Morgan fingerprint density at radius 3 is 2.59 bits per heavy atom. The molecule has 0 unspecified atom stereocenters. The number of likely N-dealkylation sites (tertiary alicyclic amines) is 1. The first-order chi connectivity index (χ1) is 10.5. The Hall–Kier alpha value is -1.95. The van der Waals surface area contributed by atoms with Crippen LogP contribution >= 0.6 is 0 Å². The smallest absolute Gasteiger partial charge is 0.317 e. The number of carboxylic acids is 1. The molecular formula is C16H20FNO4. The van der Waals surface area contributed by atoms with Crippen molar-refractivity contribution in [3.05, 3.63) is 29.6 Å². The van der Waals surface area contributed by atoms with Crippen molar-refractivity contribution < 1.29 is 23.8 Å². The van der Waals surface area contributed by atoms with E-state index in [0.29, 0.717) is 38.1 Å². The molecule has 1 fully saturated rings. The SMILES string of the molecule is CCOc1ccc(C(=O)C2CCN(CC(=O)O)CC2)cc1F. The lowest BCUT2D eigenvalue weighted by Gasteiger charge is -2.30. The molecule has 0 atom stereocenters.